The van der Waals surface area contributed by atoms with Crippen molar-refractivity contribution in [3.63, 3.8) is 0 Å². The van der Waals surface area contributed by atoms with Gasteiger partial charge in [-0.1, -0.05) is 43.4 Å². The molecule has 1 aliphatic carbocycles. The predicted molar refractivity (Wildman–Crippen MR) is 107 cm³/mol. The first-order valence-corrected chi connectivity index (χ1v) is 10.8. The summed E-state index contributed by atoms with van der Waals surface area (Å²) in [6.07, 6.45) is 9.50. The molecule has 1 fully saturated rings. The molecular weight excluding hydrogens is 374 g/mol. The molecule has 148 valence electrons. The van der Waals surface area contributed by atoms with Crippen LogP contribution in [0.5, 0.6) is 0 Å². The molecule has 1 N–H and O–H groups in total. The number of aryl methyl sites for hydroxylation is 2. The van der Waals surface area contributed by atoms with E-state index in [1.807, 2.05) is 24.4 Å². The Hall–Kier alpha value is -2.48. The van der Waals surface area contributed by atoms with Crippen molar-refractivity contribution in [1.29, 1.82) is 0 Å². The fourth-order valence-electron chi connectivity index (χ4n) is 3.65. The average molecular weight is 400 g/mol. The average Bonchev–Trinajstić information content (AvgIpc) is 3.46. The van der Waals surface area contributed by atoms with Crippen LogP contribution >= 0.6 is 11.3 Å². The Balaban J connectivity index is 1.30. The van der Waals surface area contributed by atoms with E-state index in [1.165, 1.54) is 32.1 Å². The van der Waals surface area contributed by atoms with Gasteiger partial charge < -0.3 is 9.73 Å². The lowest BCUT2D eigenvalue weighted by molar-refractivity contribution is 0.0945. The SMILES string of the molecule is Cc1oc(-c2cccs2)nc1CNC(=O)c1cn(CCC2CCCCC2)nn1. The van der Waals surface area contributed by atoms with Gasteiger partial charge in [-0.3, -0.25) is 9.48 Å². The maximum Gasteiger partial charge on any atom is 0.273 e. The molecule has 3 aromatic heterocycles. The molecule has 0 radical (unpaired) electrons. The monoisotopic (exact) mass is 399 g/mol. The molecular formula is C20H25N5O2S. The summed E-state index contributed by atoms with van der Waals surface area (Å²) >= 11 is 1.57. The second kappa shape index (κ2) is 8.68. The lowest BCUT2D eigenvalue weighted by Crippen LogP contribution is -2.23. The first-order valence-electron chi connectivity index (χ1n) is 9.87. The van der Waals surface area contributed by atoms with Gasteiger partial charge in [-0.15, -0.1) is 16.4 Å². The molecule has 0 unspecified atom stereocenters. The van der Waals surface area contributed by atoms with Crippen LogP contribution in [0.1, 0.15) is 60.5 Å². The number of thiophene rings is 1. The van der Waals surface area contributed by atoms with Gasteiger partial charge in [0.15, 0.2) is 5.69 Å². The molecule has 0 aliphatic heterocycles. The van der Waals surface area contributed by atoms with Crippen LogP contribution in [0.4, 0.5) is 0 Å². The summed E-state index contributed by atoms with van der Waals surface area (Å²) < 4.78 is 7.48. The Morgan fingerprint density at radius 2 is 2.21 bits per heavy atom. The Bertz CT molecular complexity index is 909. The largest absolute Gasteiger partial charge is 0.440 e. The van der Waals surface area contributed by atoms with Crippen LogP contribution < -0.4 is 5.32 Å². The van der Waals surface area contributed by atoms with E-state index in [4.69, 9.17) is 4.42 Å². The van der Waals surface area contributed by atoms with Gasteiger partial charge in [0.2, 0.25) is 5.89 Å². The molecule has 0 saturated heterocycles. The van der Waals surface area contributed by atoms with Crippen LogP contribution in [-0.4, -0.2) is 25.9 Å². The third-order valence-electron chi connectivity index (χ3n) is 5.30. The molecule has 1 saturated carbocycles. The van der Waals surface area contributed by atoms with Gasteiger partial charge in [0.25, 0.3) is 5.91 Å². The Kier molecular flexibility index (Phi) is 5.85. The van der Waals surface area contributed by atoms with E-state index < -0.39 is 0 Å². The van der Waals surface area contributed by atoms with Gasteiger partial charge in [-0.05, 0) is 30.7 Å². The molecule has 28 heavy (non-hydrogen) atoms. The molecule has 0 spiro atoms. The van der Waals surface area contributed by atoms with Crippen LogP contribution in [0.3, 0.4) is 0 Å². The number of hydrogen-bond donors (Lipinski definition) is 1. The van der Waals surface area contributed by atoms with E-state index in [9.17, 15) is 4.79 Å². The van der Waals surface area contributed by atoms with Gasteiger partial charge >= 0.3 is 0 Å². The number of amides is 1. The Morgan fingerprint density at radius 3 is 3.00 bits per heavy atom. The second-order valence-corrected chi connectivity index (χ2v) is 8.29. The molecule has 0 atom stereocenters. The molecule has 1 amide bonds. The summed E-state index contributed by atoms with van der Waals surface area (Å²) in [4.78, 5) is 17.9. The molecule has 4 rings (SSSR count). The summed E-state index contributed by atoms with van der Waals surface area (Å²) in [7, 11) is 0. The molecule has 3 aromatic rings. The minimum Gasteiger partial charge on any atom is -0.440 e. The van der Waals surface area contributed by atoms with Crippen LogP contribution in [0, 0.1) is 12.8 Å². The van der Waals surface area contributed by atoms with Crippen molar-refractivity contribution in [2.45, 2.75) is 58.5 Å². The van der Waals surface area contributed by atoms with Crippen LogP contribution in [0.2, 0.25) is 0 Å². The maximum atomic E-state index is 12.4. The topological polar surface area (TPSA) is 85.8 Å². The molecule has 0 aromatic carbocycles. The van der Waals surface area contributed by atoms with Crippen molar-refractivity contribution in [2.24, 2.45) is 5.92 Å². The zero-order valence-electron chi connectivity index (χ0n) is 16.1. The third kappa shape index (κ3) is 4.49. The summed E-state index contributed by atoms with van der Waals surface area (Å²) in [5.41, 5.74) is 1.06. The summed E-state index contributed by atoms with van der Waals surface area (Å²) in [6.45, 7) is 2.97. The van der Waals surface area contributed by atoms with Crippen molar-refractivity contribution in [3.8, 4) is 10.8 Å². The predicted octanol–water partition coefficient (Wildman–Crippen LogP) is 4.20. The second-order valence-electron chi connectivity index (χ2n) is 7.34. The number of nitrogens with zero attached hydrogens (tertiary/aromatic N) is 4. The van der Waals surface area contributed by atoms with E-state index in [0.717, 1.165) is 29.5 Å². The number of hydrogen-bond acceptors (Lipinski definition) is 6. The highest BCUT2D eigenvalue weighted by Crippen LogP contribution is 2.27. The minimum absolute atomic E-state index is 0.246. The van der Waals surface area contributed by atoms with E-state index in [-0.39, 0.29) is 5.91 Å². The van der Waals surface area contributed by atoms with Gasteiger partial charge in [0, 0.05) is 6.54 Å². The fraction of sp³-hybridized carbons (Fsp3) is 0.500. The Labute approximate surface area is 168 Å². The first kappa shape index (κ1) is 18.9. The van der Waals surface area contributed by atoms with E-state index in [0.29, 0.717) is 23.9 Å². The van der Waals surface area contributed by atoms with Gasteiger partial charge in [0.1, 0.15) is 11.5 Å². The zero-order valence-corrected chi connectivity index (χ0v) is 16.9. The van der Waals surface area contributed by atoms with Crippen LogP contribution in [0.15, 0.2) is 28.1 Å². The van der Waals surface area contributed by atoms with Crippen molar-refractivity contribution in [3.05, 3.63) is 40.9 Å². The number of aromatic nitrogens is 4. The molecule has 1 aliphatic rings. The lowest BCUT2D eigenvalue weighted by atomic mass is 9.87. The van der Waals surface area contributed by atoms with E-state index in [1.54, 1.807) is 22.2 Å². The van der Waals surface area contributed by atoms with Gasteiger partial charge in [0.05, 0.1) is 17.6 Å². The maximum absolute atomic E-state index is 12.4. The summed E-state index contributed by atoms with van der Waals surface area (Å²) in [5, 5.41) is 13.0. The van der Waals surface area contributed by atoms with E-state index >= 15 is 0 Å². The number of nitrogens with one attached hydrogen (secondary N) is 1. The van der Waals surface area contributed by atoms with Crippen LogP contribution in [-0.2, 0) is 13.1 Å². The zero-order chi connectivity index (χ0) is 19.3. The van der Waals surface area contributed by atoms with E-state index in [2.05, 4.69) is 20.6 Å². The molecule has 3 heterocycles. The number of carbonyl (C=O) groups is 1. The van der Waals surface area contributed by atoms with Crippen molar-refractivity contribution < 1.29 is 9.21 Å². The highest BCUT2D eigenvalue weighted by molar-refractivity contribution is 7.13. The number of oxazole rings is 1. The van der Waals surface area contributed by atoms with Crippen molar-refractivity contribution in [1.82, 2.24) is 25.3 Å². The quantitative estimate of drug-likeness (QED) is 0.643. The van der Waals surface area contributed by atoms with Gasteiger partial charge in [-0.2, -0.15) is 0 Å². The standard InChI is InChI=1S/C20H25N5O2S/c1-14-16(22-20(27-14)18-8-5-11-28-18)12-21-19(26)17-13-25(24-23-17)10-9-15-6-3-2-4-7-15/h5,8,11,13,15H,2-4,6-7,9-10,12H2,1H3,(H,21,26). The lowest BCUT2D eigenvalue weighted by Gasteiger charge is -2.20. The number of rotatable bonds is 7. The van der Waals surface area contributed by atoms with Crippen molar-refractivity contribution in [2.75, 3.05) is 0 Å². The molecule has 8 heteroatoms. The highest BCUT2D eigenvalue weighted by atomic mass is 32.1. The Morgan fingerprint density at radius 1 is 1.36 bits per heavy atom. The first-order chi connectivity index (χ1) is 13.7. The fourth-order valence-corrected chi connectivity index (χ4v) is 4.30. The smallest absolute Gasteiger partial charge is 0.273 e. The number of carbonyl (C=O) groups excluding carboxylic acids is 1. The summed E-state index contributed by atoms with van der Waals surface area (Å²) in [6, 6.07) is 3.92. The summed E-state index contributed by atoms with van der Waals surface area (Å²) in [5.74, 6) is 1.83. The highest BCUT2D eigenvalue weighted by Gasteiger charge is 2.17. The van der Waals surface area contributed by atoms with Crippen molar-refractivity contribution >= 4 is 17.2 Å². The normalized spacial score (nSPS) is 15.0. The third-order valence-corrected chi connectivity index (χ3v) is 6.16. The molecule has 0 bridgehead atoms. The van der Waals surface area contributed by atoms with Gasteiger partial charge in [-0.25, -0.2) is 4.98 Å². The van der Waals surface area contributed by atoms with Crippen LogP contribution in [0.25, 0.3) is 10.8 Å². The minimum atomic E-state index is -0.246. The molecule has 7 nitrogen and oxygen atoms in total.